The summed E-state index contributed by atoms with van der Waals surface area (Å²) in [6.07, 6.45) is 1.17. The van der Waals surface area contributed by atoms with Crippen molar-refractivity contribution < 1.29 is 4.52 Å². The third kappa shape index (κ3) is 4.95. The van der Waals surface area contributed by atoms with Crippen molar-refractivity contribution in [1.82, 2.24) is 15.8 Å². The third-order valence-electron chi connectivity index (χ3n) is 2.38. The first-order valence-electron chi connectivity index (χ1n) is 5.58. The fourth-order valence-corrected chi connectivity index (χ4v) is 1.26. The molecule has 4 heteroatoms. The van der Waals surface area contributed by atoms with Gasteiger partial charge in [-0.05, 0) is 20.3 Å². The molecule has 0 aliphatic carbocycles. The van der Waals surface area contributed by atoms with Gasteiger partial charge in [0.25, 0.3) is 0 Å². The molecule has 2 N–H and O–H groups in total. The van der Waals surface area contributed by atoms with Gasteiger partial charge in [0.15, 0.2) is 5.76 Å². The Morgan fingerprint density at radius 3 is 2.87 bits per heavy atom. The van der Waals surface area contributed by atoms with E-state index < -0.39 is 0 Å². The lowest BCUT2D eigenvalue weighted by atomic mass is 10.2. The van der Waals surface area contributed by atoms with Crippen LogP contribution in [0.3, 0.4) is 0 Å². The third-order valence-corrected chi connectivity index (χ3v) is 2.38. The smallest absolute Gasteiger partial charge is 0.150 e. The largest absolute Gasteiger partial charge is 0.360 e. The van der Waals surface area contributed by atoms with Crippen molar-refractivity contribution in [2.75, 3.05) is 13.1 Å². The first-order valence-corrected chi connectivity index (χ1v) is 5.58. The Labute approximate surface area is 91.4 Å². The minimum absolute atomic E-state index is 0.597. The van der Waals surface area contributed by atoms with Gasteiger partial charge in [0, 0.05) is 25.2 Å². The minimum atomic E-state index is 0.597. The number of aromatic nitrogens is 1. The maximum Gasteiger partial charge on any atom is 0.150 e. The highest BCUT2D eigenvalue weighted by Crippen LogP contribution is 2.00. The average molecular weight is 211 g/mol. The Balaban J connectivity index is 2.02. The van der Waals surface area contributed by atoms with E-state index >= 15 is 0 Å². The zero-order valence-electron chi connectivity index (χ0n) is 9.84. The Bertz CT molecular complexity index is 273. The van der Waals surface area contributed by atoms with E-state index in [2.05, 4.69) is 29.6 Å². The van der Waals surface area contributed by atoms with Crippen molar-refractivity contribution >= 4 is 0 Å². The van der Waals surface area contributed by atoms with Crippen LogP contribution in [0, 0.1) is 6.92 Å². The second-order valence-corrected chi connectivity index (χ2v) is 3.87. The Morgan fingerprint density at radius 2 is 2.27 bits per heavy atom. The van der Waals surface area contributed by atoms with Crippen LogP contribution in [0.2, 0.25) is 0 Å². The summed E-state index contributed by atoms with van der Waals surface area (Å²) in [5.41, 5.74) is 0.935. The molecule has 0 saturated carbocycles. The molecule has 0 aliphatic rings. The molecule has 86 valence electrons. The summed E-state index contributed by atoms with van der Waals surface area (Å²) in [5.74, 6) is 0.899. The summed E-state index contributed by atoms with van der Waals surface area (Å²) in [5, 5.41) is 10.5. The van der Waals surface area contributed by atoms with Gasteiger partial charge in [-0.15, -0.1) is 0 Å². The number of nitrogens with zero attached hydrogens (tertiary/aromatic N) is 1. The number of aryl methyl sites for hydroxylation is 1. The van der Waals surface area contributed by atoms with Crippen LogP contribution in [-0.4, -0.2) is 24.3 Å². The van der Waals surface area contributed by atoms with Gasteiger partial charge in [0.2, 0.25) is 0 Å². The van der Waals surface area contributed by atoms with Crippen molar-refractivity contribution in [3.63, 3.8) is 0 Å². The second kappa shape index (κ2) is 6.58. The molecule has 0 bridgehead atoms. The van der Waals surface area contributed by atoms with Gasteiger partial charge in [-0.3, -0.25) is 0 Å². The lowest BCUT2D eigenvalue weighted by molar-refractivity contribution is 0.369. The van der Waals surface area contributed by atoms with Crippen LogP contribution in [0.15, 0.2) is 10.6 Å². The van der Waals surface area contributed by atoms with Crippen LogP contribution in [0.25, 0.3) is 0 Å². The Hall–Kier alpha value is -0.870. The fourth-order valence-electron chi connectivity index (χ4n) is 1.26. The molecular weight excluding hydrogens is 190 g/mol. The fraction of sp³-hybridized carbons (Fsp3) is 0.727. The van der Waals surface area contributed by atoms with Gasteiger partial charge in [-0.1, -0.05) is 12.1 Å². The summed E-state index contributed by atoms with van der Waals surface area (Å²) in [6, 6.07) is 2.55. The number of hydrogen-bond acceptors (Lipinski definition) is 4. The molecule has 0 aliphatic heterocycles. The number of rotatable bonds is 7. The molecule has 15 heavy (non-hydrogen) atoms. The van der Waals surface area contributed by atoms with Crippen LogP contribution in [-0.2, 0) is 6.54 Å². The Morgan fingerprint density at radius 1 is 1.47 bits per heavy atom. The first-order chi connectivity index (χ1) is 7.22. The van der Waals surface area contributed by atoms with Crippen LogP contribution < -0.4 is 10.6 Å². The van der Waals surface area contributed by atoms with Gasteiger partial charge in [0.1, 0.15) is 0 Å². The Kier molecular flexibility index (Phi) is 5.36. The highest BCUT2D eigenvalue weighted by Gasteiger charge is 1.99. The summed E-state index contributed by atoms with van der Waals surface area (Å²) >= 11 is 0. The summed E-state index contributed by atoms with van der Waals surface area (Å²) in [7, 11) is 0. The van der Waals surface area contributed by atoms with Gasteiger partial charge in [-0.2, -0.15) is 0 Å². The molecule has 1 rings (SSSR count). The van der Waals surface area contributed by atoms with E-state index in [1.807, 2.05) is 13.0 Å². The SMILES string of the molecule is CCC(C)NCCNCc1cc(C)no1. The van der Waals surface area contributed by atoms with Gasteiger partial charge < -0.3 is 15.2 Å². The molecule has 0 radical (unpaired) electrons. The van der Waals surface area contributed by atoms with E-state index in [4.69, 9.17) is 4.52 Å². The van der Waals surface area contributed by atoms with E-state index in [-0.39, 0.29) is 0 Å². The van der Waals surface area contributed by atoms with E-state index in [1.165, 1.54) is 6.42 Å². The van der Waals surface area contributed by atoms with Crippen molar-refractivity contribution in [3.05, 3.63) is 17.5 Å². The van der Waals surface area contributed by atoms with E-state index in [0.717, 1.165) is 31.1 Å². The maximum absolute atomic E-state index is 5.08. The maximum atomic E-state index is 5.08. The zero-order valence-corrected chi connectivity index (χ0v) is 9.84. The van der Waals surface area contributed by atoms with Crippen molar-refractivity contribution in [1.29, 1.82) is 0 Å². The average Bonchev–Trinajstić information content (AvgIpc) is 2.63. The standard InChI is InChI=1S/C11H21N3O/c1-4-9(2)13-6-5-12-8-11-7-10(3)14-15-11/h7,9,12-13H,4-6,8H2,1-3H3. The van der Waals surface area contributed by atoms with Crippen LogP contribution in [0.4, 0.5) is 0 Å². The van der Waals surface area contributed by atoms with E-state index in [9.17, 15) is 0 Å². The molecule has 0 fully saturated rings. The van der Waals surface area contributed by atoms with Crippen molar-refractivity contribution in [2.24, 2.45) is 0 Å². The van der Waals surface area contributed by atoms with Gasteiger partial charge in [0.05, 0.1) is 12.2 Å². The van der Waals surface area contributed by atoms with Crippen LogP contribution >= 0.6 is 0 Å². The van der Waals surface area contributed by atoms with Crippen molar-refractivity contribution in [2.45, 2.75) is 39.8 Å². The molecule has 1 heterocycles. The monoisotopic (exact) mass is 211 g/mol. The summed E-state index contributed by atoms with van der Waals surface area (Å²) in [4.78, 5) is 0. The summed E-state index contributed by atoms with van der Waals surface area (Å²) in [6.45, 7) is 8.99. The molecule has 1 atom stereocenters. The van der Waals surface area contributed by atoms with Gasteiger partial charge >= 0.3 is 0 Å². The molecule has 1 aromatic heterocycles. The molecular formula is C11H21N3O. The lowest BCUT2D eigenvalue weighted by Crippen LogP contribution is -2.32. The topological polar surface area (TPSA) is 50.1 Å². The van der Waals surface area contributed by atoms with Crippen LogP contribution in [0.5, 0.6) is 0 Å². The summed E-state index contributed by atoms with van der Waals surface area (Å²) < 4.78 is 5.08. The molecule has 1 unspecified atom stereocenters. The second-order valence-electron chi connectivity index (χ2n) is 3.87. The van der Waals surface area contributed by atoms with E-state index in [1.54, 1.807) is 0 Å². The van der Waals surface area contributed by atoms with Crippen LogP contribution in [0.1, 0.15) is 31.7 Å². The quantitative estimate of drug-likeness (QED) is 0.670. The minimum Gasteiger partial charge on any atom is -0.360 e. The molecule has 4 nitrogen and oxygen atoms in total. The number of hydrogen-bond donors (Lipinski definition) is 2. The molecule has 0 saturated heterocycles. The van der Waals surface area contributed by atoms with Gasteiger partial charge in [-0.25, -0.2) is 0 Å². The van der Waals surface area contributed by atoms with E-state index in [0.29, 0.717) is 6.04 Å². The normalized spacial score (nSPS) is 13.0. The highest BCUT2D eigenvalue weighted by molar-refractivity contribution is 5.02. The number of nitrogens with one attached hydrogen (secondary N) is 2. The zero-order chi connectivity index (χ0) is 11.1. The predicted molar refractivity (Wildman–Crippen MR) is 60.7 cm³/mol. The molecule has 0 spiro atoms. The molecule has 0 aromatic carbocycles. The molecule has 1 aromatic rings. The van der Waals surface area contributed by atoms with Crippen molar-refractivity contribution in [3.8, 4) is 0 Å². The predicted octanol–water partition coefficient (Wildman–Crippen LogP) is 1.46. The lowest BCUT2D eigenvalue weighted by Gasteiger charge is -2.10. The molecule has 0 amide bonds. The highest BCUT2D eigenvalue weighted by atomic mass is 16.5. The first kappa shape index (κ1) is 12.2.